The van der Waals surface area contributed by atoms with Gasteiger partial charge in [-0.2, -0.15) is 0 Å². The number of hydrogen-bond donors (Lipinski definition) is 2. The average Bonchev–Trinajstić information content (AvgIpc) is 2.63. The molecule has 0 spiro atoms. The number of hydrogen-bond acceptors (Lipinski definition) is 8. The molecular weight excluding hydrogens is 372 g/mol. The molecule has 142 valence electrons. The summed E-state index contributed by atoms with van der Waals surface area (Å²) in [5, 5.41) is 23.4. The van der Waals surface area contributed by atoms with E-state index in [0.717, 1.165) is 32.3 Å². The fourth-order valence-corrected chi connectivity index (χ4v) is 3.13. The summed E-state index contributed by atoms with van der Waals surface area (Å²) < 4.78 is 5.98. The number of aromatic nitrogens is 2. The van der Waals surface area contributed by atoms with Crippen molar-refractivity contribution in [1.29, 1.82) is 0 Å². The van der Waals surface area contributed by atoms with E-state index >= 15 is 0 Å². The van der Waals surface area contributed by atoms with Gasteiger partial charge in [0.15, 0.2) is 0 Å². The number of anilines is 2. The van der Waals surface area contributed by atoms with Crippen LogP contribution in [0.3, 0.4) is 0 Å². The average molecular weight is 392 g/mol. The number of halogens is 1. The Bertz CT molecular complexity index is 800. The van der Waals surface area contributed by atoms with E-state index in [1.165, 1.54) is 0 Å². The number of rotatable bonds is 6. The standard InChI is InChI=1S/C16H19BClN5O4/c1-17(24)22-8-6-13(7-9-22)27-12-4-2-11(3-5-12)21-16-14(23(25)26)15(18)19-10-20-16/h2-5,10,13,24H,6-9H2,1H3,(H,19,20,21). The molecule has 0 amide bonds. The van der Waals surface area contributed by atoms with E-state index in [4.69, 9.17) is 16.3 Å². The lowest BCUT2D eigenvalue weighted by molar-refractivity contribution is -0.384. The van der Waals surface area contributed by atoms with Gasteiger partial charge in [-0.3, -0.25) is 10.1 Å². The van der Waals surface area contributed by atoms with E-state index in [9.17, 15) is 15.1 Å². The van der Waals surface area contributed by atoms with Crippen molar-refractivity contribution in [1.82, 2.24) is 14.8 Å². The van der Waals surface area contributed by atoms with Gasteiger partial charge in [0.1, 0.15) is 18.2 Å². The number of nitrogens with zero attached hydrogens (tertiary/aromatic N) is 4. The van der Waals surface area contributed by atoms with Gasteiger partial charge in [0.2, 0.25) is 11.0 Å². The molecule has 2 N–H and O–H groups in total. The molecule has 3 rings (SSSR count). The molecule has 1 fully saturated rings. The summed E-state index contributed by atoms with van der Waals surface area (Å²) in [4.78, 5) is 20.0. The zero-order chi connectivity index (χ0) is 19.4. The highest BCUT2D eigenvalue weighted by Crippen LogP contribution is 2.31. The van der Waals surface area contributed by atoms with Crippen LogP contribution >= 0.6 is 11.6 Å². The van der Waals surface area contributed by atoms with Crippen molar-refractivity contribution in [2.24, 2.45) is 0 Å². The molecule has 1 aromatic carbocycles. The van der Waals surface area contributed by atoms with Crippen LogP contribution in [0.5, 0.6) is 5.75 Å². The van der Waals surface area contributed by atoms with Gasteiger partial charge in [0.05, 0.1) is 4.92 Å². The molecule has 1 saturated heterocycles. The van der Waals surface area contributed by atoms with Gasteiger partial charge in [-0.05, 0) is 57.0 Å². The predicted octanol–water partition coefficient (Wildman–Crippen LogP) is 2.74. The van der Waals surface area contributed by atoms with Crippen LogP contribution in [0.4, 0.5) is 17.2 Å². The number of nitro groups is 1. The maximum Gasteiger partial charge on any atom is 0.376 e. The van der Waals surface area contributed by atoms with Crippen LogP contribution < -0.4 is 10.1 Å². The summed E-state index contributed by atoms with van der Waals surface area (Å²) in [6.45, 7) is 3.35. The first-order chi connectivity index (χ1) is 12.9. The Hall–Kier alpha value is -2.43. The van der Waals surface area contributed by atoms with Crippen LogP contribution in [0.25, 0.3) is 0 Å². The molecule has 0 aliphatic carbocycles. The van der Waals surface area contributed by atoms with Crippen LogP contribution in [0.1, 0.15) is 12.8 Å². The van der Waals surface area contributed by atoms with Gasteiger partial charge in [0, 0.05) is 5.69 Å². The van der Waals surface area contributed by atoms with Gasteiger partial charge in [-0.25, -0.2) is 9.97 Å². The molecule has 2 aromatic rings. The monoisotopic (exact) mass is 391 g/mol. The largest absolute Gasteiger partial charge is 0.490 e. The second-order valence-corrected chi connectivity index (χ2v) is 6.61. The first-order valence-corrected chi connectivity index (χ1v) is 8.92. The second-order valence-electron chi connectivity index (χ2n) is 6.25. The molecule has 2 heterocycles. The van der Waals surface area contributed by atoms with Gasteiger partial charge in [-0.15, -0.1) is 0 Å². The first-order valence-electron chi connectivity index (χ1n) is 8.55. The van der Waals surface area contributed by atoms with Crippen molar-refractivity contribution >= 4 is 35.8 Å². The van der Waals surface area contributed by atoms with Crippen molar-refractivity contribution in [3.63, 3.8) is 0 Å². The van der Waals surface area contributed by atoms with E-state index in [-0.39, 0.29) is 22.8 Å². The molecule has 1 aromatic heterocycles. The smallest absolute Gasteiger partial charge is 0.376 e. The summed E-state index contributed by atoms with van der Waals surface area (Å²) in [5.74, 6) is 0.741. The zero-order valence-corrected chi connectivity index (χ0v) is 15.5. The minimum Gasteiger partial charge on any atom is -0.490 e. The second kappa shape index (κ2) is 8.51. The maximum atomic E-state index is 11.1. The summed E-state index contributed by atoms with van der Waals surface area (Å²) in [6, 6.07) is 7.08. The number of ether oxygens (including phenoxy) is 1. The minimum atomic E-state index is -0.623. The molecule has 0 bridgehead atoms. The lowest BCUT2D eigenvalue weighted by Gasteiger charge is -2.32. The van der Waals surface area contributed by atoms with Crippen LogP contribution in [-0.2, 0) is 0 Å². The lowest BCUT2D eigenvalue weighted by Crippen LogP contribution is -2.45. The molecule has 0 atom stereocenters. The maximum absolute atomic E-state index is 11.1. The van der Waals surface area contributed by atoms with Crippen molar-refractivity contribution < 1.29 is 14.7 Å². The number of benzene rings is 1. The Kier molecular flexibility index (Phi) is 6.10. The Morgan fingerprint density at radius 2 is 2.00 bits per heavy atom. The first kappa shape index (κ1) is 19.3. The van der Waals surface area contributed by atoms with Crippen molar-refractivity contribution in [2.75, 3.05) is 18.4 Å². The normalized spacial score (nSPS) is 15.4. The highest BCUT2D eigenvalue weighted by Gasteiger charge is 2.25. The van der Waals surface area contributed by atoms with Crippen molar-refractivity contribution in [3.05, 3.63) is 45.9 Å². The van der Waals surface area contributed by atoms with E-state index in [1.54, 1.807) is 31.1 Å². The fraction of sp³-hybridized carbons (Fsp3) is 0.375. The summed E-state index contributed by atoms with van der Waals surface area (Å²) in [6.07, 6.45) is 2.95. The van der Waals surface area contributed by atoms with Gasteiger partial charge in [-0.1, -0.05) is 11.6 Å². The van der Waals surface area contributed by atoms with Gasteiger partial charge >= 0.3 is 12.7 Å². The van der Waals surface area contributed by atoms with Crippen LogP contribution in [-0.4, -0.2) is 51.0 Å². The molecule has 11 heteroatoms. The van der Waals surface area contributed by atoms with Gasteiger partial charge in [0.25, 0.3) is 0 Å². The fourth-order valence-electron chi connectivity index (χ4n) is 2.92. The topological polar surface area (TPSA) is 114 Å². The highest BCUT2D eigenvalue weighted by atomic mass is 35.5. The number of nitrogens with one attached hydrogen (secondary N) is 1. The SMILES string of the molecule is CB(O)N1CCC(Oc2ccc(Nc3ncnc(Cl)c3[N+](=O)[O-])cc2)CC1. The Morgan fingerprint density at radius 1 is 1.33 bits per heavy atom. The zero-order valence-electron chi connectivity index (χ0n) is 14.7. The van der Waals surface area contributed by atoms with E-state index in [2.05, 4.69) is 15.3 Å². The Balaban J connectivity index is 1.62. The summed E-state index contributed by atoms with van der Waals surface area (Å²) in [5.41, 5.74) is 0.244. The summed E-state index contributed by atoms with van der Waals surface area (Å²) >= 11 is 5.78. The minimum absolute atomic E-state index is 0.0270. The molecule has 9 nitrogen and oxygen atoms in total. The quantitative estimate of drug-likeness (QED) is 0.334. The van der Waals surface area contributed by atoms with Crippen molar-refractivity contribution in [3.8, 4) is 5.75 Å². The molecular formula is C16H19BClN5O4. The summed E-state index contributed by atoms with van der Waals surface area (Å²) in [7, 11) is -0.435. The molecule has 0 unspecified atom stereocenters. The third-order valence-electron chi connectivity index (χ3n) is 4.39. The Morgan fingerprint density at radius 3 is 2.59 bits per heavy atom. The lowest BCUT2D eigenvalue weighted by atomic mass is 9.82. The molecule has 1 aliphatic heterocycles. The third-order valence-corrected chi connectivity index (χ3v) is 4.66. The van der Waals surface area contributed by atoms with E-state index < -0.39 is 12.0 Å². The van der Waals surface area contributed by atoms with Crippen LogP contribution in [0.2, 0.25) is 12.0 Å². The predicted molar refractivity (Wildman–Crippen MR) is 102 cm³/mol. The van der Waals surface area contributed by atoms with Gasteiger partial charge < -0.3 is 19.9 Å². The highest BCUT2D eigenvalue weighted by molar-refractivity contribution is 6.45. The third kappa shape index (κ3) is 4.85. The molecule has 0 radical (unpaired) electrons. The van der Waals surface area contributed by atoms with Crippen LogP contribution in [0.15, 0.2) is 30.6 Å². The van der Waals surface area contributed by atoms with Crippen LogP contribution in [0, 0.1) is 10.1 Å². The van der Waals surface area contributed by atoms with E-state index in [1.807, 2.05) is 4.81 Å². The van der Waals surface area contributed by atoms with E-state index in [0.29, 0.717) is 11.4 Å². The Labute approximate surface area is 161 Å². The van der Waals surface area contributed by atoms with Crippen molar-refractivity contribution in [2.45, 2.75) is 25.8 Å². The molecule has 0 saturated carbocycles. The molecule has 1 aliphatic rings. The number of piperidine rings is 1. The molecule has 27 heavy (non-hydrogen) atoms.